The Labute approximate surface area is 109 Å². The van der Waals surface area contributed by atoms with Crippen molar-refractivity contribution >= 4 is 12.1 Å². The standard InChI is InChI=1S/C13H15F3N2O/c1-10-2-3-11(13(14,15)16)8-12(10)18-6-4-17(9-19)5-7-18/h2-3,8-9H,4-7H2,1H3. The molecule has 1 aliphatic heterocycles. The Bertz CT molecular complexity index is 465. The van der Waals surface area contributed by atoms with Crippen LogP contribution in [-0.4, -0.2) is 37.5 Å². The SMILES string of the molecule is Cc1ccc(C(F)(F)F)cc1N1CCN(C=O)CC1. The minimum absolute atomic E-state index is 0.541. The number of hydrogen-bond donors (Lipinski definition) is 0. The number of anilines is 1. The molecule has 1 aromatic rings. The molecular weight excluding hydrogens is 257 g/mol. The molecule has 2 rings (SSSR count). The number of nitrogens with zero attached hydrogens (tertiary/aromatic N) is 2. The number of alkyl halides is 3. The monoisotopic (exact) mass is 272 g/mol. The van der Waals surface area contributed by atoms with Crippen LogP contribution in [-0.2, 0) is 11.0 Å². The van der Waals surface area contributed by atoms with Gasteiger partial charge in [0.2, 0.25) is 6.41 Å². The molecule has 0 radical (unpaired) electrons. The van der Waals surface area contributed by atoms with Crippen LogP contribution in [0.15, 0.2) is 18.2 Å². The van der Waals surface area contributed by atoms with E-state index in [4.69, 9.17) is 0 Å². The van der Waals surface area contributed by atoms with Crippen LogP contribution in [0, 0.1) is 6.92 Å². The van der Waals surface area contributed by atoms with Gasteiger partial charge in [-0.3, -0.25) is 4.79 Å². The molecule has 1 aromatic carbocycles. The molecule has 3 nitrogen and oxygen atoms in total. The van der Waals surface area contributed by atoms with E-state index in [0.29, 0.717) is 31.9 Å². The molecule has 0 saturated carbocycles. The fourth-order valence-electron chi connectivity index (χ4n) is 2.19. The summed E-state index contributed by atoms with van der Waals surface area (Å²) in [5.74, 6) is 0. The second-order valence-corrected chi connectivity index (χ2v) is 4.63. The van der Waals surface area contributed by atoms with Gasteiger partial charge in [0.25, 0.3) is 0 Å². The molecule has 19 heavy (non-hydrogen) atoms. The van der Waals surface area contributed by atoms with Crippen LogP contribution in [0.2, 0.25) is 0 Å². The van der Waals surface area contributed by atoms with Gasteiger partial charge in [0.05, 0.1) is 5.56 Å². The average Bonchev–Trinajstić information content (AvgIpc) is 2.38. The molecule has 1 amide bonds. The van der Waals surface area contributed by atoms with E-state index >= 15 is 0 Å². The molecule has 0 atom stereocenters. The molecule has 6 heteroatoms. The van der Waals surface area contributed by atoms with Crippen molar-refractivity contribution in [3.63, 3.8) is 0 Å². The third-order valence-electron chi connectivity index (χ3n) is 3.34. The van der Waals surface area contributed by atoms with Crippen molar-refractivity contribution in [2.24, 2.45) is 0 Å². The second-order valence-electron chi connectivity index (χ2n) is 4.63. The second kappa shape index (κ2) is 5.11. The summed E-state index contributed by atoms with van der Waals surface area (Å²) >= 11 is 0. The molecule has 0 unspecified atom stereocenters. The maximum absolute atomic E-state index is 12.7. The number of halogens is 3. The normalized spacial score (nSPS) is 16.6. The highest BCUT2D eigenvalue weighted by atomic mass is 19.4. The van der Waals surface area contributed by atoms with Crippen molar-refractivity contribution in [1.82, 2.24) is 4.90 Å². The molecular formula is C13H15F3N2O. The summed E-state index contributed by atoms with van der Waals surface area (Å²) in [6.45, 7) is 3.99. The van der Waals surface area contributed by atoms with Gasteiger partial charge in [-0.05, 0) is 24.6 Å². The number of hydrogen-bond acceptors (Lipinski definition) is 2. The molecule has 1 heterocycles. The van der Waals surface area contributed by atoms with Crippen LogP contribution < -0.4 is 4.90 Å². The maximum atomic E-state index is 12.7. The van der Waals surface area contributed by atoms with Crippen molar-refractivity contribution in [3.05, 3.63) is 29.3 Å². The Morgan fingerprint density at radius 2 is 1.79 bits per heavy atom. The Morgan fingerprint density at radius 1 is 1.16 bits per heavy atom. The van der Waals surface area contributed by atoms with Gasteiger partial charge in [-0.2, -0.15) is 13.2 Å². The minimum atomic E-state index is -4.33. The van der Waals surface area contributed by atoms with Crippen LogP contribution >= 0.6 is 0 Å². The predicted octanol–water partition coefficient (Wildman–Crippen LogP) is 2.29. The Morgan fingerprint density at radius 3 is 2.32 bits per heavy atom. The number of aryl methyl sites for hydroxylation is 1. The molecule has 0 bridgehead atoms. The van der Waals surface area contributed by atoms with E-state index in [1.165, 1.54) is 12.1 Å². The van der Waals surface area contributed by atoms with Gasteiger partial charge >= 0.3 is 6.18 Å². The van der Waals surface area contributed by atoms with Crippen LogP contribution in [0.4, 0.5) is 18.9 Å². The number of piperazine rings is 1. The summed E-state index contributed by atoms with van der Waals surface area (Å²) in [5, 5.41) is 0. The summed E-state index contributed by atoms with van der Waals surface area (Å²) in [7, 11) is 0. The van der Waals surface area contributed by atoms with Gasteiger partial charge in [-0.1, -0.05) is 6.07 Å². The predicted molar refractivity (Wildman–Crippen MR) is 66.0 cm³/mol. The largest absolute Gasteiger partial charge is 0.416 e. The van der Waals surface area contributed by atoms with Gasteiger partial charge in [-0.15, -0.1) is 0 Å². The number of carbonyl (C=O) groups is 1. The van der Waals surface area contributed by atoms with E-state index in [1.54, 1.807) is 11.8 Å². The van der Waals surface area contributed by atoms with Crippen molar-refractivity contribution in [2.45, 2.75) is 13.1 Å². The molecule has 1 saturated heterocycles. The van der Waals surface area contributed by atoms with E-state index in [2.05, 4.69) is 0 Å². The van der Waals surface area contributed by atoms with Crippen LogP contribution in [0.25, 0.3) is 0 Å². The highest BCUT2D eigenvalue weighted by Gasteiger charge is 2.31. The number of rotatable bonds is 2. The fourth-order valence-corrected chi connectivity index (χ4v) is 2.19. The first-order valence-corrected chi connectivity index (χ1v) is 6.04. The zero-order valence-corrected chi connectivity index (χ0v) is 10.6. The smallest absolute Gasteiger partial charge is 0.368 e. The van der Waals surface area contributed by atoms with Crippen LogP contribution in [0.3, 0.4) is 0 Å². The summed E-state index contributed by atoms with van der Waals surface area (Å²) < 4.78 is 38.1. The highest BCUT2D eigenvalue weighted by molar-refractivity contribution is 5.57. The van der Waals surface area contributed by atoms with E-state index in [1.807, 2.05) is 4.90 Å². The molecule has 104 valence electrons. The lowest BCUT2D eigenvalue weighted by atomic mass is 10.1. The first kappa shape index (κ1) is 13.7. The summed E-state index contributed by atoms with van der Waals surface area (Å²) in [6, 6.07) is 3.77. The zero-order chi connectivity index (χ0) is 14.0. The Hall–Kier alpha value is -1.72. The number of carbonyl (C=O) groups excluding carboxylic acids is 1. The van der Waals surface area contributed by atoms with Crippen molar-refractivity contribution in [1.29, 1.82) is 0 Å². The van der Waals surface area contributed by atoms with Crippen molar-refractivity contribution in [3.8, 4) is 0 Å². The first-order chi connectivity index (χ1) is 8.91. The lowest BCUT2D eigenvalue weighted by molar-refractivity contribution is -0.137. The van der Waals surface area contributed by atoms with E-state index in [0.717, 1.165) is 18.0 Å². The Balaban J connectivity index is 2.22. The quantitative estimate of drug-likeness (QED) is 0.771. The van der Waals surface area contributed by atoms with E-state index in [-0.39, 0.29) is 0 Å². The maximum Gasteiger partial charge on any atom is 0.416 e. The van der Waals surface area contributed by atoms with E-state index in [9.17, 15) is 18.0 Å². The fraction of sp³-hybridized carbons (Fsp3) is 0.462. The van der Waals surface area contributed by atoms with Gasteiger partial charge in [0.1, 0.15) is 0 Å². The van der Waals surface area contributed by atoms with Gasteiger partial charge in [0.15, 0.2) is 0 Å². The first-order valence-electron chi connectivity index (χ1n) is 6.04. The molecule has 1 fully saturated rings. The lowest BCUT2D eigenvalue weighted by Gasteiger charge is -2.35. The van der Waals surface area contributed by atoms with Crippen molar-refractivity contribution < 1.29 is 18.0 Å². The molecule has 0 spiro atoms. The summed E-state index contributed by atoms with van der Waals surface area (Å²) in [4.78, 5) is 14.1. The summed E-state index contributed by atoms with van der Waals surface area (Å²) in [6.07, 6.45) is -3.55. The van der Waals surface area contributed by atoms with Crippen LogP contribution in [0.5, 0.6) is 0 Å². The third-order valence-corrected chi connectivity index (χ3v) is 3.34. The van der Waals surface area contributed by atoms with Gasteiger partial charge < -0.3 is 9.80 Å². The van der Waals surface area contributed by atoms with Crippen LogP contribution in [0.1, 0.15) is 11.1 Å². The molecule has 1 aliphatic rings. The number of amides is 1. The molecule has 0 aromatic heterocycles. The molecule has 0 N–H and O–H groups in total. The van der Waals surface area contributed by atoms with Gasteiger partial charge in [-0.25, -0.2) is 0 Å². The van der Waals surface area contributed by atoms with Gasteiger partial charge in [0, 0.05) is 31.9 Å². The third kappa shape index (κ3) is 3.00. The summed E-state index contributed by atoms with van der Waals surface area (Å²) in [5.41, 5.74) is 0.777. The Kier molecular flexibility index (Phi) is 3.68. The lowest BCUT2D eigenvalue weighted by Crippen LogP contribution is -2.46. The number of benzene rings is 1. The van der Waals surface area contributed by atoms with Crippen molar-refractivity contribution in [2.75, 3.05) is 31.1 Å². The topological polar surface area (TPSA) is 23.6 Å². The zero-order valence-electron chi connectivity index (χ0n) is 10.6. The average molecular weight is 272 g/mol. The minimum Gasteiger partial charge on any atom is -0.368 e. The van der Waals surface area contributed by atoms with E-state index < -0.39 is 11.7 Å². The molecule has 0 aliphatic carbocycles. The highest BCUT2D eigenvalue weighted by Crippen LogP contribution is 2.33.